The number of carbonyl (C=O) groups excluding carboxylic acids is 2. The van der Waals surface area contributed by atoms with Crippen molar-refractivity contribution in [3.63, 3.8) is 0 Å². The van der Waals surface area contributed by atoms with E-state index in [0.717, 1.165) is 24.2 Å². The van der Waals surface area contributed by atoms with Crippen LogP contribution in [0.2, 0.25) is 10.0 Å². The van der Waals surface area contributed by atoms with E-state index in [1.807, 2.05) is 12.1 Å². The van der Waals surface area contributed by atoms with E-state index < -0.39 is 0 Å². The van der Waals surface area contributed by atoms with Gasteiger partial charge in [-0.1, -0.05) is 29.3 Å². The number of benzene rings is 2. The lowest BCUT2D eigenvalue weighted by Gasteiger charge is -2.16. The molecular weight excluding hydrogens is 347 g/mol. The smallest absolute Gasteiger partial charge is 0.228 e. The Labute approximate surface area is 150 Å². The van der Waals surface area contributed by atoms with Crippen LogP contribution in [-0.2, 0) is 16.0 Å². The molecular formula is C18H16Cl2N2O2. The molecule has 1 aliphatic rings. The van der Waals surface area contributed by atoms with Crippen LogP contribution in [-0.4, -0.2) is 18.4 Å². The number of anilines is 2. The van der Waals surface area contributed by atoms with E-state index >= 15 is 0 Å². The van der Waals surface area contributed by atoms with Gasteiger partial charge in [0.1, 0.15) is 0 Å². The first-order valence-corrected chi connectivity index (χ1v) is 8.43. The topological polar surface area (TPSA) is 49.4 Å². The van der Waals surface area contributed by atoms with E-state index in [-0.39, 0.29) is 18.2 Å². The fraction of sp³-hybridized carbons (Fsp3) is 0.222. The third-order valence-corrected chi connectivity index (χ3v) is 4.62. The maximum Gasteiger partial charge on any atom is 0.228 e. The predicted molar refractivity (Wildman–Crippen MR) is 96.8 cm³/mol. The van der Waals surface area contributed by atoms with E-state index in [1.54, 1.807) is 35.2 Å². The summed E-state index contributed by atoms with van der Waals surface area (Å²) in [5.74, 6) is 0.00444. The molecule has 24 heavy (non-hydrogen) atoms. The van der Waals surface area contributed by atoms with Crippen LogP contribution < -0.4 is 10.2 Å². The summed E-state index contributed by atoms with van der Waals surface area (Å²) in [6, 6.07) is 12.4. The van der Waals surface area contributed by atoms with Crippen molar-refractivity contribution in [3.05, 3.63) is 58.1 Å². The number of nitrogens with one attached hydrogen (secondary N) is 1. The fourth-order valence-corrected chi connectivity index (χ4v) is 3.01. The lowest BCUT2D eigenvalue weighted by Crippen LogP contribution is -2.23. The maximum atomic E-state index is 12.1. The summed E-state index contributed by atoms with van der Waals surface area (Å²) in [6.07, 6.45) is 1.70. The van der Waals surface area contributed by atoms with Gasteiger partial charge in [0.15, 0.2) is 0 Å². The summed E-state index contributed by atoms with van der Waals surface area (Å²) in [7, 11) is 0. The van der Waals surface area contributed by atoms with Gasteiger partial charge >= 0.3 is 0 Å². The van der Waals surface area contributed by atoms with Crippen LogP contribution in [0.25, 0.3) is 0 Å². The molecule has 0 spiro atoms. The number of hydrogen-bond donors (Lipinski definition) is 1. The monoisotopic (exact) mass is 362 g/mol. The zero-order chi connectivity index (χ0) is 17.1. The van der Waals surface area contributed by atoms with Gasteiger partial charge in [0.2, 0.25) is 11.8 Å². The standard InChI is InChI=1S/C18H16Cl2N2O2/c19-15-8-3-12(10-16(15)20)11-17(23)21-13-4-6-14(7-5-13)22-9-1-2-18(22)24/h3-8,10H,1-2,9,11H2,(H,21,23). The van der Waals surface area contributed by atoms with Gasteiger partial charge in [-0.2, -0.15) is 0 Å². The van der Waals surface area contributed by atoms with Crippen molar-refractivity contribution >= 4 is 46.4 Å². The Morgan fingerprint density at radius 3 is 2.46 bits per heavy atom. The normalized spacial score (nSPS) is 14.1. The van der Waals surface area contributed by atoms with E-state index in [1.165, 1.54) is 0 Å². The van der Waals surface area contributed by atoms with Gasteiger partial charge in [-0.25, -0.2) is 0 Å². The van der Waals surface area contributed by atoms with Gasteiger partial charge in [-0.3, -0.25) is 9.59 Å². The molecule has 4 nitrogen and oxygen atoms in total. The lowest BCUT2D eigenvalue weighted by molar-refractivity contribution is -0.117. The van der Waals surface area contributed by atoms with Crippen LogP contribution in [0, 0.1) is 0 Å². The Morgan fingerprint density at radius 2 is 1.83 bits per heavy atom. The number of nitrogens with zero attached hydrogens (tertiary/aromatic N) is 1. The minimum absolute atomic E-state index is 0.140. The van der Waals surface area contributed by atoms with Crippen LogP contribution in [0.5, 0.6) is 0 Å². The molecule has 0 saturated carbocycles. The molecule has 124 valence electrons. The molecule has 0 aromatic heterocycles. The molecule has 2 aromatic carbocycles. The lowest BCUT2D eigenvalue weighted by atomic mass is 10.1. The third-order valence-electron chi connectivity index (χ3n) is 3.88. The van der Waals surface area contributed by atoms with Crippen molar-refractivity contribution in [3.8, 4) is 0 Å². The first-order chi connectivity index (χ1) is 11.5. The minimum Gasteiger partial charge on any atom is -0.326 e. The quantitative estimate of drug-likeness (QED) is 0.881. The molecule has 0 radical (unpaired) electrons. The number of carbonyl (C=O) groups is 2. The van der Waals surface area contributed by atoms with Gasteiger partial charge in [0.25, 0.3) is 0 Å². The second-order valence-corrected chi connectivity index (χ2v) is 6.48. The van der Waals surface area contributed by atoms with Gasteiger partial charge < -0.3 is 10.2 Å². The minimum atomic E-state index is -0.140. The highest BCUT2D eigenvalue weighted by atomic mass is 35.5. The summed E-state index contributed by atoms with van der Waals surface area (Å²) in [6.45, 7) is 0.752. The molecule has 1 fully saturated rings. The molecule has 1 saturated heterocycles. The van der Waals surface area contributed by atoms with Crippen LogP contribution in [0.4, 0.5) is 11.4 Å². The van der Waals surface area contributed by atoms with Crippen LogP contribution in [0.3, 0.4) is 0 Å². The molecule has 2 amide bonds. The molecule has 0 atom stereocenters. The zero-order valence-electron chi connectivity index (χ0n) is 12.9. The van der Waals surface area contributed by atoms with Gasteiger partial charge in [-0.15, -0.1) is 0 Å². The van der Waals surface area contributed by atoms with E-state index in [9.17, 15) is 9.59 Å². The highest BCUT2D eigenvalue weighted by molar-refractivity contribution is 6.42. The van der Waals surface area contributed by atoms with Crippen LogP contribution >= 0.6 is 23.2 Å². The van der Waals surface area contributed by atoms with Crippen molar-refractivity contribution in [2.75, 3.05) is 16.8 Å². The molecule has 0 aliphatic carbocycles. The summed E-state index contributed by atoms with van der Waals surface area (Å²) >= 11 is 11.8. The van der Waals surface area contributed by atoms with E-state index in [4.69, 9.17) is 23.2 Å². The van der Waals surface area contributed by atoms with E-state index in [0.29, 0.717) is 22.2 Å². The van der Waals surface area contributed by atoms with Crippen LogP contribution in [0.15, 0.2) is 42.5 Å². The van der Waals surface area contributed by atoms with Crippen molar-refractivity contribution in [2.45, 2.75) is 19.3 Å². The second-order valence-electron chi connectivity index (χ2n) is 5.67. The Morgan fingerprint density at radius 1 is 1.08 bits per heavy atom. The molecule has 1 heterocycles. The van der Waals surface area contributed by atoms with Crippen molar-refractivity contribution in [1.29, 1.82) is 0 Å². The van der Waals surface area contributed by atoms with Crippen molar-refractivity contribution in [2.24, 2.45) is 0 Å². The first kappa shape index (κ1) is 16.8. The third kappa shape index (κ3) is 3.89. The fourth-order valence-electron chi connectivity index (χ4n) is 2.69. The summed E-state index contributed by atoms with van der Waals surface area (Å²) in [5.41, 5.74) is 2.34. The van der Waals surface area contributed by atoms with Gasteiger partial charge in [-0.05, 0) is 48.4 Å². The number of amides is 2. The zero-order valence-corrected chi connectivity index (χ0v) is 14.4. The molecule has 2 aromatic rings. The second kappa shape index (κ2) is 7.24. The Balaban J connectivity index is 1.62. The SMILES string of the molecule is O=C(Cc1ccc(Cl)c(Cl)c1)Nc1ccc(N2CCCC2=O)cc1. The number of hydrogen-bond acceptors (Lipinski definition) is 2. The average Bonchev–Trinajstić information content (AvgIpc) is 2.98. The highest BCUT2D eigenvalue weighted by Gasteiger charge is 2.21. The number of halogens is 2. The summed E-state index contributed by atoms with van der Waals surface area (Å²) in [4.78, 5) is 25.6. The van der Waals surface area contributed by atoms with Crippen molar-refractivity contribution in [1.82, 2.24) is 0 Å². The molecule has 1 N–H and O–H groups in total. The largest absolute Gasteiger partial charge is 0.326 e. The Bertz CT molecular complexity index is 775. The molecule has 3 rings (SSSR count). The highest BCUT2D eigenvalue weighted by Crippen LogP contribution is 2.24. The first-order valence-electron chi connectivity index (χ1n) is 7.67. The average molecular weight is 363 g/mol. The molecule has 0 bridgehead atoms. The molecule has 6 heteroatoms. The molecule has 0 unspecified atom stereocenters. The Kier molecular flexibility index (Phi) is 5.07. The predicted octanol–water partition coefficient (Wildman–Crippen LogP) is 4.30. The van der Waals surface area contributed by atoms with Gasteiger partial charge in [0.05, 0.1) is 16.5 Å². The van der Waals surface area contributed by atoms with Crippen LogP contribution in [0.1, 0.15) is 18.4 Å². The summed E-state index contributed by atoms with van der Waals surface area (Å²) < 4.78 is 0. The number of rotatable bonds is 4. The maximum absolute atomic E-state index is 12.1. The van der Waals surface area contributed by atoms with E-state index in [2.05, 4.69) is 5.32 Å². The van der Waals surface area contributed by atoms with Gasteiger partial charge in [0, 0.05) is 24.3 Å². The van der Waals surface area contributed by atoms with Crippen molar-refractivity contribution < 1.29 is 9.59 Å². The molecule has 1 aliphatic heterocycles. The Hall–Kier alpha value is -2.04. The summed E-state index contributed by atoms with van der Waals surface area (Å²) in [5, 5.41) is 3.73.